The number of fused-ring (bicyclic) bond motifs is 1. The van der Waals surface area contributed by atoms with Gasteiger partial charge in [-0.1, -0.05) is 36.4 Å². The molecule has 0 saturated carbocycles. The number of carbonyl (C=O) groups excluding carboxylic acids is 1. The van der Waals surface area contributed by atoms with E-state index in [2.05, 4.69) is 40.2 Å². The molecule has 2 aromatic carbocycles. The number of hydrogen-bond donors (Lipinski definition) is 1. The Labute approximate surface area is 202 Å². The van der Waals surface area contributed by atoms with Crippen LogP contribution < -0.4 is 0 Å². The van der Waals surface area contributed by atoms with Gasteiger partial charge in [0.2, 0.25) is 0 Å². The summed E-state index contributed by atoms with van der Waals surface area (Å²) in [6, 6.07) is 15.9. The number of nitrogens with one attached hydrogen (secondary N) is 1. The minimum absolute atomic E-state index is 0. The highest BCUT2D eigenvalue weighted by atomic mass is 35.5. The third-order valence-electron chi connectivity index (χ3n) is 5.61. The topological polar surface area (TPSA) is 55.5 Å². The van der Waals surface area contributed by atoms with Crippen molar-refractivity contribution in [2.24, 2.45) is 0 Å². The molecule has 0 aliphatic carbocycles. The van der Waals surface area contributed by atoms with Crippen LogP contribution in [-0.4, -0.2) is 84.2 Å². The summed E-state index contributed by atoms with van der Waals surface area (Å²) in [7, 11) is 4.19. The molecule has 3 aromatic rings. The molecule has 0 unspecified atom stereocenters. The van der Waals surface area contributed by atoms with Crippen LogP contribution in [0.3, 0.4) is 0 Å². The molecule has 1 amide bonds. The van der Waals surface area contributed by atoms with Gasteiger partial charge < -0.3 is 9.80 Å². The molecule has 2 heterocycles. The third kappa shape index (κ3) is 6.33. The number of piperazine rings is 1. The number of rotatable bonds is 6. The Bertz CT molecular complexity index is 1020. The highest BCUT2D eigenvalue weighted by molar-refractivity contribution is 5.95. The molecule has 1 aliphatic rings. The number of aromatic amines is 1. The zero-order valence-corrected chi connectivity index (χ0v) is 20.2. The lowest BCUT2D eigenvalue weighted by Crippen LogP contribution is -2.49. The molecule has 0 bridgehead atoms. The Hall–Kier alpha value is -2.38. The van der Waals surface area contributed by atoms with Gasteiger partial charge in [-0.15, -0.1) is 24.8 Å². The molecule has 1 N–H and O–H groups in total. The van der Waals surface area contributed by atoms with Crippen LogP contribution in [0.15, 0.2) is 48.5 Å². The summed E-state index contributed by atoms with van der Waals surface area (Å²) < 4.78 is 0. The number of para-hydroxylation sites is 1. The first-order valence-electron chi connectivity index (χ1n) is 10.5. The summed E-state index contributed by atoms with van der Waals surface area (Å²) >= 11 is 0. The van der Waals surface area contributed by atoms with E-state index in [1.54, 1.807) is 0 Å². The predicted octanol–water partition coefficient (Wildman–Crippen LogP) is 3.90. The molecule has 0 spiro atoms. The first kappa shape index (κ1) is 25.9. The zero-order valence-electron chi connectivity index (χ0n) is 18.5. The van der Waals surface area contributed by atoms with Gasteiger partial charge in [-0.25, -0.2) is 0 Å². The van der Waals surface area contributed by atoms with E-state index >= 15 is 0 Å². The quantitative estimate of drug-likeness (QED) is 0.587. The van der Waals surface area contributed by atoms with Crippen molar-refractivity contribution in [2.45, 2.75) is 0 Å². The molecule has 6 nitrogen and oxygen atoms in total. The van der Waals surface area contributed by atoms with Gasteiger partial charge in [0.25, 0.3) is 5.91 Å². The number of amides is 1. The standard InChI is InChI=1S/C24H29N5O.2ClH/c1-27(2)13-14-28-15-17-29(18-16-28)24(30)20-10-7-19(8-11-20)9-12-23-21-5-3-4-6-22(21)25-26-23;;/h3-12H,13-18H2,1-2H3,(H,25,26);2*1H. The Kier molecular flexibility index (Phi) is 9.72. The van der Waals surface area contributed by atoms with E-state index < -0.39 is 0 Å². The van der Waals surface area contributed by atoms with Crippen molar-refractivity contribution in [3.63, 3.8) is 0 Å². The number of H-pyrrole nitrogens is 1. The van der Waals surface area contributed by atoms with Gasteiger partial charge in [-0.2, -0.15) is 5.10 Å². The van der Waals surface area contributed by atoms with Crippen molar-refractivity contribution < 1.29 is 4.79 Å². The van der Waals surface area contributed by atoms with E-state index in [4.69, 9.17) is 0 Å². The largest absolute Gasteiger partial charge is 0.336 e. The Balaban J connectivity index is 0.00000181. The van der Waals surface area contributed by atoms with Crippen LogP contribution >= 0.6 is 24.8 Å². The van der Waals surface area contributed by atoms with Gasteiger partial charge in [0.05, 0.1) is 11.2 Å². The van der Waals surface area contributed by atoms with Crippen LogP contribution in [0.4, 0.5) is 0 Å². The second-order valence-electron chi connectivity index (χ2n) is 8.05. The molecule has 32 heavy (non-hydrogen) atoms. The van der Waals surface area contributed by atoms with Crippen LogP contribution in [-0.2, 0) is 0 Å². The fourth-order valence-electron chi connectivity index (χ4n) is 3.72. The highest BCUT2D eigenvalue weighted by Crippen LogP contribution is 2.18. The van der Waals surface area contributed by atoms with Gasteiger partial charge in [0.15, 0.2) is 0 Å². The number of nitrogens with zero attached hydrogens (tertiary/aromatic N) is 4. The Morgan fingerprint density at radius 2 is 1.69 bits per heavy atom. The molecule has 1 fully saturated rings. The maximum atomic E-state index is 12.8. The molecule has 1 aromatic heterocycles. The maximum absolute atomic E-state index is 12.8. The SMILES string of the molecule is CN(C)CCN1CCN(C(=O)c2ccc(C=Cc3n[nH]c4ccccc34)cc2)CC1.Cl.Cl. The normalized spacial score (nSPS) is 14.5. The van der Waals surface area contributed by atoms with Crippen LogP contribution in [0.5, 0.6) is 0 Å². The predicted molar refractivity (Wildman–Crippen MR) is 137 cm³/mol. The highest BCUT2D eigenvalue weighted by Gasteiger charge is 2.21. The molecule has 4 rings (SSSR count). The smallest absolute Gasteiger partial charge is 0.253 e. The van der Waals surface area contributed by atoms with Crippen molar-refractivity contribution >= 4 is 53.8 Å². The van der Waals surface area contributed by atoms with Crippen molar-refractivity contribution in [1.82, 2.24) is 24.9 Å². The lowest BCUT2D eigenvalue weighted by atomic mass is 10.1. The van der Waals surface area contributed by atoms with Crippen molar-refractivity contribution in [2.75, 3.05) is 53.4 Å². The average Bonchev–Trinajstić information content (AvgIpc) is 3.20. The number of halogens is 2. The van der Waals surface area contributed by atoms with Crippen molar-refractivity contribution in [3.05, 3.63) is 65.4 Å². The second kappa shape index (κ2) is 12.0. The molecular weight excluding hydrogens is 445 g/mol. The summed E-state index contributed by atoms with van der Waals surface area (Å²) in [6.07, 6.45) is 4.03. The molecule has 1 aliphatic heterocycles. The average molecular weight is 476 g/mol. The number of hydrogen-bond acceptors (Lipinski definition) is 4. The van der Waals surface area contributed by atoms with E-state index in [0.29, 0.717) is 0 Å². The number of carbonyl (C=O) groups is 1. The molecule has 172 valence electrons. The molecular formula is C24H31Cl2N5O. The molecule has 0 atom stereocenters. The van der Waals surface area contributed by atoms with Gasteiger partial charge in [-0.05, 0) is 43.9 Å². The van der Waals surface area contributed by atoms with Crippen molar-refractivity contribution in [3.8, 4) is 0 Å². The fraction of sp³-hybridized carbons (Fsp3) is 0.333. The van der Waals surface area contributed by atoms with E-state index in [9.17, 15) is 4.79 Å². The van der Waals surface area contributed by atoms with Crippen LogP contribution in [0.2, 0.25) is 0 Å². The van der Waals surface area contributed by atoms with E-state index in [0.717, 1.165) is 67.0 Å². The molecule has 1 saturated heterocycles. The van der Waals surface area contributed by atoms with Crippen LogP contribution in [0, 0.1) is 0 Å². The first-order valence-corrected chi connectivity index (χ1v) is 10.5. The van der Waals surface area contributed by atoms with Crippen LogP contribution in [0.25, 0.3) is 23.1 Å². The number of aromatic nitrogens is 2. The summed E-state index contributed by atoms with van der Waals surface area (Å²) in [5, 5.41) is 8.51. The minimum Gasteiger partial charge on any atom is -0.336 e. The number of likely N-dealkylation sites (N-methyl/N-ethyl adjacent to an activating group) is 1. The van der Waals surface area contributed by atoms with Gasteiger partial charge in [0, 0.05) is 50.2 Å². The first-order chi connectivity index (χ1) is 14.6. The Morgan fingerprint density at radius 3 is 2.38 bits per heavy atom. The zero-order chi connectivity index (χ0) is 20.9. The third-order valence-corrected chi connectivity index (χ3v) is 5.61. The van der Waals surface area contributed by atoms with Gasteiger partial charge in [0.1, 0.15) is 0 Å². The van der Waals surface area contributed by atoms with E-state index in [1.165, 1.54) is 0 Å². The van der Waals surface area contributed by atoms with E-state index in [-0.39, 0.29) is 30.7 Å². The summed E-state index contributed by atoms with van der Waals surface area (Å²) in [6.45, 7) is 5.58. The molecule has 0 radical (unpaired) electrons. The van der Waals surface area contributed by atoms with Crippen molar-refractivity contribution in [1.29, 1.82) is 0 Å². The van der Waals surface area contributed by atoms with E-state index in [1.807, 2.05) is 59.5 Å². The summed E-state index contributed by atoms with van der Waals surface area (Å²) in [4.78, 5) is 19.4. The summed E-state index contributed by atoms with van der Waals surface area (Å²) in [5.74, 6) is 0.121. The van der Waals surface area contributed by atoms with Gasteiger partial charge >= 0.3 is 0 Å². The summed E-state index contributed by atoms with van der Waals surface area (Å²) in [5.41, 5.74) is 3.74. The number of benzene rings is 2. The fourth-order valence-corrected chi connectivity index (χ4v) is 3.72. The lowest BCUT2D eigenvalue weighted by Gasteiger charge is -2.35. The monoisotopic (exact) mass is 475 g/mol. The maximum Gasteiger partial charge on any atom is 0.253 e. The minimum atomic E-state index is 0. The molecule has 8 heteroatoms. The van der Waals surface area contributed by atoms with Gasteiger partial charge in [-0.3, -0.25) is 14.8 Å². The van der Waals surface area contributed by atoms with Crippen LogP contribution in [0.1, 0.15) is 21.6 Å². The Morgan fingerprint density at radius 1 is 1.00 bits per heavy atom. The lowest BCUT2D eigenvalue weighted by molar-refractivity contribution is 0.0630. The second-order valence-corrected chi connectivity index (χ2v) is 8.05.